The van der Waals surface area contributed by atoms with Gasteiger partial charge in [0.05, 0.1) is 18.3 Å². The molecule has 1 unspecified atom stereocenters. The van der Waals surface area contributed by atoms with Crippen molar-refractivity contribution in [3.05, 3.63) is 30.4 Å². The van der Waals surface area contributed by atoms with Crippen LogP contribution in [0.1, 0.15) is 25.7 Å². The lowest BCUT2D eigenvalue weighted by atomic mass is 10.3. The molecule has 142 valence electrons. The van der Waals surface area contributed by atoms with Gasteiger partial charge in [0.15, 0.2) is 6.10 Å². The Morgan fingerprint density at radius 2 is 2.04 bits per heavy atom. The first-order valence-electron chi connectivity index (χ1n) is 8.44. The van der Waals surface area contributed by atoms with Gasteiger partial charge in [0.25, 0.3) is 0 Å². The molecule has 10 nitrogen and oxygen atoms in total. The number of aryl methyl sites for hydroxylation is 1. The summed E-state index contributed by atoms with van der Waals surface area (Å²) in [6.07, 6.45) is 1.69. The van der Waals surface area contributed by atoms with Crippen molar-refractivity contribution in [2.24, 2.45) is 0 Å². The number of aliphatic hydroxyl groups excluding tert-OH is 1. The first-order chi connectivity index (χ1) is 12.8. The van der Waals surface area contributed by atoms with Crippen LogP contribution in [0.3, 0.4) is 0 Å². The van der Waals surface area contributed by atoms with Crippen molar-refractivity contribution in [3.8, 4) is 0 Å². The van der Waals surface area contributed by atoms with Crippen LogP contribution >= 0.6 is 0 Å². The van der Waals surface area contributed by atoms with Gasteiger partial charge < -0.3 is 25.4 Å². The molecule has 0 aliphatic carbocycles. The predicted octanol–water partition coefficient (Wildman–Crippen LogP) is 1.71. The second-order valence-corrected chi connectivity index (χ2v) is 6.31. The number of carboxylic acid groups (broad SMARTS) is 1. The van der Waals surface area contributed by atoms with Crippen LogP contribution in [0.5, 0.6) is 0 Å². The minimum atomic E-state index is -1.53. The van der Waals surface area contributed by atoms with Crippen LogP contribution in [0.25, 0.3) is 11.0 Å². The minimum absolute atomic E-state index is 0.199. The molecule has 4 N–H and O–H groups in total. The highest BCUT2D eigenvalue weighted by atomic mass is 16.4. The van der Waals surface area contributed by atoms with E-state index in [1.54, 1.807) is 12.3 Å². The summed E-state index contributed by atoms with van der Waals surface area (Å²) < 4.78 is 2.13. The number of aromatic nitrogens is 5. The summed E-state index contributed by atoms with van der Waals surface area (Å²) in [4.78, 5) is 27.8. The monoisotopic (exact) mass is 371 g/mol. The van der Waals surface area contributed by atoms with Crippen LogP contribution in [0.15, 0.2) is 24.5 Å². The molecule has 27 heavy (non-hydrogen) atoms. The molecular weight excluding hydrogens is 350 g/mol. The van der Waals surface area contributed by atoms with E-state index < -0.39 is 12.1 Å². The standard InChI is InChI=1S/C17H21N7O3/c1-9(2)24-10(3)21-11-7-19-15(6-12(11)24)22-14-4-5-18-17(23-14)20-8-13(25)16(26)27/h4-7,9,13,25H,8H2,1-3H3,(H,26,27)(H2,18,19,20,22,23). The van der Waals surface area contributed by atoms with E-state index >= 15 is 0 Å². The lowest BCUT2D eigenvalue weighted by molar-refractivity contribution is -0.145. The predicted molar refractivity (Wildman–Crippen MR) is 100 cm³/mol. The Kier molecular flexibility index (Phi) is 5.17. The zero-order chi connectivity index (χ0) is 19.6. The van der Waals surface area contributed by atoms with Crippen LogP contribution in [-0.4, -0.2) is 53.3 Å². The van der Waals surface area contributed by atoms with Gasteiger partial charge in [-0.25, -0.2) is 19.7 Å². The van der Waals surface area contributed by atoms with E-state index in [9.17, 15) is 9.90 Å². The van der Waals surface area contributed by atoms with Crippen LogP contribution in [0.2, 0.25) is 0 Å². The van der Waals surface area contributed by atoms with Crippen molar-refractivity contribution < 1.29 is 15.0 Å². The molecular formula is C17H21N7O3. The molecule has 3 aromatic heterocycles. The molecule has 0 aromatic carbocycles. The third kappa shape index (κ3) is 4.11. The summed E-state index contributed by atoms with van der Waals surface area (Å²) >= 11 is 0. The Bertz CT molecular complexity index is 970. The van der Waals surface area contributed by atoms with Gasteiger partial charge in [-0.2, -0.15) is 4.98 Å². The molecule has 1 atom stereocenters. The van der Waals surface area contributed by atoms with E-state index in [0.29, 0.717) is 11.6 Å². The number of aliphatic carboxylic acids is 1. The van der Waals surface area contributed by atoms with Crippen LogP contribution in [0.4, 0.5) is 17.6 Å². The topological polar surface area (TPSA) is 138 Å². The SMILES string of the molecule is Cc1nc2cnc(Nc3ccnc(NCC(O)C(=O)O)n3)cc2n1C(C)C. The quantitative estimate of drug-likeness (QED) is 0.489. The number of nitrogens with one attached hydrogen (secondary N) is 2. The molecule has 0 bridgehead atoms. The van der Waals surface area contributed by atoms with Crippen molar-refractivity contribution in [2.75, 3.05) is 17.2 Å². The van der Waals surface area contributed by atoms with Gasteiger partial charge in [0.2, 0.25) is 5.95 Å². The summed E-state index contributed by atoms with van der Waals surface area (Å²) in [5.74, 6) is 0.885. The van der Waals surface area contributed by atoms with Gasteiger partial charge in [-0.05, 0) is 26.8 Å². The van der Waals surface area contributed by atoms with Gasteiger partial charge in [0.1, 0.15) is 23.0 Å². The van der Waals surface area contributed by atoms with Gasteiger partial charge in [-0.3, -0.25) is 0 Å². The number of pyridine rings is 1. The Balaban J connectivity index is 1.80. The fourth-order valence-corrected chi connectivity index (χ4v) is 2.76. The van der Waals surface area contributed by atoms with E-state index in [1.807, 2.05) is 13.0 Å². The zero-order valence-electron chi connectivity index (χ0n) is 15.2. The summed E-state index contributed by atoms with van der Waals surface area (Å²) in [6, 6.07) is 3.83. The first kappa shape index (κ1) is 18.5. The normalized spacial score (nSPS) is 12.3. The van der Waals surface area contributed by atoms with Gasteiger partial charge in [-0.1, -0.05) is 0 Å². The zero-order valence-corrected chi connectivity index (χ0v) is 15.2. The second kappa shape index (κ2) is 7.54. The molecule has 0 radical (unpaired) electrons. The van der Waals surface area contributed by atoms with E-state index in [4.69, 9.17) is 5.11 Å². The van der Waals surface area contributed by atoms with Crippen molar-refractivity contribution >= 4 is 34.6 Å². The lowest BCUT2D eigenvalue weighted by Crippen LogP contribution is -2.28. The Morgan fingerprint density at radius 3 is 2.74 bits per heavy atom. The summed E-state index contributed by atoms with van der Waals surface area (Å²) in [7, 11) is 0. The van der Waals surface area contributed by atoms with E-state index in [-0.39, 0.29) is 18.5 Å². The van der Waals surface area contributed by atoms with Crippen LogP contribution < -0.4 is 10.6 Å². The van der Waals surface area contributed by atoms with Crippen molar-refractivity contribution in [1.82, 2.24) is 24.5 Å². The maximum absolute atomic E-state index is 10.7. The van der Waals surface area contributed by atoms with Gasteiger partial charge in [-0.15, -0.1) is 0 Å². The number of nitrogens with zero attached hydrogens (tertiary/aromatic N) is 5. The molecule has 0 amide bonds. The first-order valence-corrected chi connectivity index (χ1v) is 8.44. The molecule has 10 heteroatoms. The highest BCUT2D eigenvalue weighted by Gasteiger charge is 2.14. The van der Waals surface area contributed by atoms with Crippen LogP contribution in [-0.2, 0) is 4.79 Å². The second-order valence-electron chi connectivity index (χ2n) is 6.31. The Hall–Kier alpha value is -3.27. The van der Waals surface area contributed by atoms with Crippen molar-refractivity contribution in [1.29, 1.82) is 0 Å². The van der Waals surface area contributed by atoms with E-state index in [0.717, 1.165) is 16.9 Å². The average Bonchev–Trinajstić information content (AvgIpc) is 2.95. The number of carbonyl (C=O) groups is 1. The number of hydrogen-bond acceptors (Lipinski definition) is 8. The van der Waals surface area contributed by atoms with Gasteiger partial charge in [0, 0.05) is 18.3 Å². The van der Waals surface area contributed by atoms with E-state index in [1.165, 1.54) is 6.20 Å². The van der Waals surface area contributed by atoms with Crippen LogP contribution in [0, 0.1) is 6.92 Å². The summed E-state index contributed by atoms with van der Waals surface area (Å²) in [6.45, 7) is 5.95. The highest BCUT2D eigenvalue weighted by molar-refractivity contribution is 5.79. The summed E-state index contributed by atoms with van der Waals surface area (Å²) in [5, 5.41) is 23.8. The Morgan fingerprint density at radius 1 is 1.26 bits per heavy atom. The molecule has 3 heterocycles. The number of rotatable bonds is 7. The number of imidazole rings is 1. The molecule has 0 spiro atoms. The number of carboxylic acids is 1. The number of hydrogen-bond donors (Lipinski definition) is 4. The highest BCUT2D eigenvalue weighted by Crippen LogP contribution is 2.23. The Labute approximate surface area is 155 Å². The molecule has 3 rings (SSSR count). The number of aliphatic hydroxyl groups is 1. The lowest BCUT2D eigenvalue weighted by Gasteiger charge is -2.12. The van der Waals surface area contributed by atoms with E-state index in [2.05, 4.69) is 49.0 Å². The minimum Gasteiger partial charge on any atom is -0.479 e. The molecule has 0 saturated heterocycles. The molecule has 0 aliphatic rings. The fourth-order valence-electron chi connectivity index (χ4n) is 2.76. The van der Waals surface area contributed by atoms with Gasteiger partial charge >= 0.3 is 5.97 Å². The average molecular weight is 371 g/mol. The largest absolute Gasteiger partial charge is 0.479 e. The summed E-state index contributed by atoms with van der Waals surface area (Å²) in [5.41, 5.74) is 1.79. The molecule has 3 aromatic rings. The fraction of sp³-hybridized carbons (Fsp3) is 0.353. The smallest absolute Gasteiger partial charge is 0.334 e. The molecule has 0 saturated carbocycles. The molecule has 0 fully saturated rings. The number of anilines is 3. The molecule has 0 aliphatic heterocycles. The third-order valence-electron chi connectivity index (χ3n) is 3.92. The van der Waals surface area contributed by atoms with Crippen molar-refractivity contribution in [2.45, 2.75) is 32.9 Å². The third-order valence-corrected chi connectivity index (χ3v) is 3.92. The maximum atomic E-state index is 10.7. The number of fused-ring (bicyclic) bond motifs is 1. The van der Waals surface area contributed by atoms with Crippen molar-refractivity contribution in [3.63, 3.8) is 0 Å². The maximum Gasteiger partial charge on any atom is 0.334 e.